The average Bonchev–Trinajstić information content (AvgIpc) is 2.93. The first-order chi connectivity index (χ1) is 12.0. The summed E-state index contributed by atoms with van der Waals surface area (Å²) in [5.41, 5.74) is 2.43. The van der Waals surface area contributed by atoms with Crippen LogP contribution >= 0.6 is 11.3 Å². The summed E-state index contributed by atoms with van der Waals surface area (Å²) in [5, 5.41) is 9.89. The summed E-state index contributed by atoms with van der Waals surface area (Å²) in [6.07, 6.45) is 5.35. The number of benzene rings is 1. The second-order valence-corrected chi connectivity index (χ2v) is 6.59. The van der Waals surface area contributed by atoms with Gasteiger partial charge >= 0.3 is 0 Å². The molecule has 2 rings (SSSR count). The highest BCUT2D eigenvalue weighted by Gasteiger charge is 2.07. The van der Waals surface area contributed by atoms with Gasteiger partial charge in [0.1, 0.15) is 5.01 Å². The Morgan fingerprint density at radius 3 is 2.80 bits per heavy atom. The van der Waals surface area contributed by atoms with E-state index in [2.05, 4.69) is 31.8 Å². The van der Waals surface area contributed by atoms with Gasteiger partial charge in [0.15, 0.2) is 5.96 Å². The molecule has 1 heterocycles. The number of thiazole rings is 1. The molecule has 1 amide bonds. The molecule has 0 atom stereocenters. The summed E-state index contributed by atoms with van der Waals surface area (Å²) < 4.78 is 0. The third-order valence-electron chi connectivity index (χ3n) is 3.43. The number of carbonyl (C=O) groups excluding carboxylic acids is 1. The van der Waals surface area contributed by atoms with Crippen molar-refractivity contribution >= 4 is 28.9 Å². The fourth-order valence-electron chi connectivity index (χ4n) is 2.05. The van der Waals surface area contributed by atoms with Gasteiger partial charge in [-0.05, 0) is 32.0 Å². The number of nitrogens with zero attached hydrogens (tertiary/aromatic N) is 2. The Bertz CT molecular complexity index is 800. The van der Waals surface area contributed by atoms with Crippen LogP contribution < -0.4 is 16.0 Å². The Morgan fingerprint density at radius 1 is 1.36 bits per heavy atom. The van der Waals surface area contributed by atoms with Gasteiger partial charge in [-0.15, -0.1) is 17.8 Å². The SMILES string of the molecule is C#Cc1cccc(NC(=O)CNC(=NC)NCc2nc(C)c(C)s2)c1. The van der Waals surface area contributed by atoms with Crippen LogP contribution in [0.4, 0.5) is 5.69 Å². The third-order valence-corrected chi connectivity index (χ3v) is 4.51. The van der Waals surface area contributed by atoms with Crippen LogP contribution in [0.1, 0.15) is 21.1 Å². The summed E-state index contributed by atoms with van der Waals surface area (Å²) >= 11 is 1.64. The van der Waals surface area contributed by atoms with Crippen LogP contribution in [0.3, 0.4) is 0 Å². The minimum absolute atomic E-state index is 0.0931. The van der Waals surface area contributed by atoms with Crippen molar-refractivity contribution in [2.75, 3.05) is 18.9 Å². The number of guanidine groups is 1. The van der Waals surface area contributed by atoms with E-state index in [0.29, 0.717) is 18.2 Å². The van der Waals surface area contributed by atoms with E-state index < -0.39 is 0 Å². The molecular weight excluding hydrogens is 334 g/mol. The van der Waals surface area contributed by atoms with E-state index in [4.69, 9.17) is 6.42 Å². The largest absolute Gasteiger partial charge is 0.350 e. The second kappa shape index (κ2) is 8.85. The highest BCUT2D eigenvalue weighted by molar-refractivity contribution is 7.11. The second-order valence-electron chi connectivity index (χ2n) is 5.30. The maximum atomic E-state index is 12.0. The van der Waals surface area contributed by atoms with Crippen LogP contribution in [-0.4, -0.2) is 30.4 Å². The number of carbonyl (C=O) groups is 1. The van der Waals surface area contributed by atoms with Gasteiger partial charge in [0, 0.05) is 23.2 Å². The zero-order valence-corrected chi connectivity index (χ0v) is 15.3. The number of nitrogens with one attached hydrogen (secondary N) is 3. The van der Waals surface area contributed by atoms with Crippen molar-refractivity contribution in [3.63, 3.8) is 0 Å². The van der Waals surface area contributed by atoms with Crippen LogP contribution in [0.2, 0.25) is 0 Å². The van der Waals surface area contributed by atoms with Crippen molar-refractivity contribution in [3.8, 4) is 12.3 Å². The van der Waals surface area contributed by atoms with E-state index in [1.54, 1.807) is 36.6 Å². The third kappa shape index (κ3) is 5.62. The molecule has 0 aliphatic rings. The molecular formula is C18H21N5OS. The fraction of sp³-hybridized carbons (Fsp3) is 0.278. The van der Waals surface area contributed by atoms with Crippen molar-refractivity contribution in [2.24, 2.45) is 4.99 Å². The monoisotopic (exact) mass is 355 g/mol. The zero-order valence-electron chi connectivity index (χ0n) is 14.5. The Morgan fingerprint density at radius 2 is 2.16 bits per heavy atom. The topological polar surface area (TPSA) is 78.4 Å². The smallest absolute Gasteiger partial charge is 0.243 e. The fourth-order valence-corrected chi connectivity index (χ4v) is 2.92. The van der Waals surface area contributed by atoms with E-state index in [9.17, 15) is 4.79 Å². The van der Waals surface area contributed by atoms with Gasteiger partial charge in [-0.1, -0.05) is 12.0 Å². The van der Waals surface area contributed by atoms with Crippen molar-refractivity contribution in [1.82, 2.24) is 15.6 Å². The van der Waals surface area contributed by atoms with E-state index in [1.165, 1.54) is 4.88 Å². The summed E-state index contributed by atoms with van der Waals surface area (Å²) in [5.74, 6) is 2.89. The molecule has 0 bridgehead atoms. The van der Waals surface area contributed by atoms with Crippen molar-refractivity contribution < 1.29 is 4.79 Å². The highest BCUT2D eigenvalue weighted by atomic mass is 32.1. The molecule has 0 saturated heterocycles. The van der Waals surface area contributed by atoms with Crippen LogP contribution in [-0.2, 0) is 11.3 Å². The lowest BCUT2D eigenvalue weighted by Gasteiger charge is -2.11. The molecule has 6 nitrogen and oxygen atoms in total. The first-order valence-electron chi connectivity index (χ1n) is 7.75. The number of aromatic nitrogens is 1. The predicted octanol–water partition coefficient (Wildman–Crippen LogP) is 2.04. The number of anilines is 1. The summed E-state index contributed by atoms with van der Waals surface area (Å²) in [6.45, 7) is 4.69. The molecule has 25 heavy (non-hydrogen) atoms. The predicted molar refractivity (Wildman–Crippen MR) is 103 cm³/mol. The molecule has 0 fully saturated rings. The van der Waals surface area contributed by atoms with Gasteiger partial charge in [-0.3, -0.25) is 9.79 Å². The number of amides is 1. The molecule has 1 aromatic heterocycles. The minimum Gasteiger partial charge on any atom is -0.350 e. The van der Waals surface area contributed by atoms with Crippen molar-refractivity contribution in [1.29, 1.82) is 0 Å². The molecule has 2 aromatic rings. The van der Waals surface area contributed by atoms with Crippen molar-refractivity contribution in [3.05, 3.63) is 45.4 Å². The number of terminal acetylenes is 1. The van der Waals surface area contributed by atoms with Crippen LogP contribution in [0.5, 0.6) is 0 Å². The lowest BCUT2D eigenvalue weighted by molar-refractivity contribution is -0.115. The number of aliphatic imine (C=N–C) groups is 1. The van der Waals surface area contributed by atoms with Crippen LogP contribution in [0, 0.1) is 26.2 Å². The van der Waals surface area contributed by atoms with E-state index >= 15 is 0 Å². The quantitative estimate of drug-likeness (QED) is 0.436. The molecule has 0 radical (unpaired) electrons. The maximum absolute atomic E-state index is 12.0. The molecule has 7 heteroatoms. The van der Waals surface area contributed by atoms with Gasteiger partial charge in [0.25, 0.3) is 0 Å². The molecule has 130 valence electrons. The lowest BCUT2D eigenvalue weighted by Crippen LogP contribution is -2.41. The Labute approximate surface area is 151 Å². The normalized spacial score (nSPS) is 10.9. The highest BCUT2D eigenvalue weighted by Crippen LogP contribution is 2.15. The molecule has 0 aliphatic heterocycles. The minimum atomic E-state index is -0.182. The van der Waals surface area contributed by atoms with Crippen LogP contribution in [0.15, 0.2) is 29.3 Å². The maximum Gasteiger partial charge on any atom is 0.243 e. The average molecular weight is 355 g/mol. The summed E-state index contributed by atoms with van der Waals surface area (Å²) in [7, 11) is 1.65. The molecule has 0 aliphatic carbocycles. The van der Waals surface area contributed by atoms with E-state index in [1.807, 2.05) is 19.9 Å². The summed E-state index contributed by atoms with van der Waals surface area (Å²) in [6, 6.07) is 7.15. The lowest BCUT2D eigenvalue weighted by atomic mass is 10.2. The van der Waals surface area contributed by atoms with Gasteiger partial charge < -0.3 is 16.0 Å². The number of hydrogen-bond donors (Lipinski definition) is 3. The molecule has 0 spiro atoms. The van der Waals surface area contributed by atoms with Gasteiger partial charge in [0.2, 0.25) is 5.91 Å². The van der Waals surface area contributed by atoms with Gasteiger partial charge in [-0.25, -0.2) is 4.98 Å². The van der Waals surface area contributed by atoms with Gasteiger partial charge in [-0.2, -0.15) is 0 Å². The molecule has 0 saturated carbocycles. The van der Waals surface area contributed by atoms with Crippen molar-refractivity contribution in [2.45, 2.75) is 20.4 Å². The number of rotatable bonds is 5. The first-order valence-corrected chi connectivity index (χ1v) is 8.57. The zero-order chi connectivity index (χ0) is 18.2. The Hall–Kier alpha value is -2.85. The Balaban J connectivity index is 1.81. The molecule has 1 aromatic carbocycles. The van der Waals surface area contributed by atoms with Crippen LogP contribution in [0.25, 0.3) is 0 Å². The van der Waals surface area contributed by atoms with E-state index in [0.717, 1.165) is 16.3 Å². The molecule has 0 unspecified atom stereocenters. The number of hydrogen-bond acceptors (Lipinski definition) is 4. The first kappa shape index (κ1) is 18.5. The molecule has 3 N–H and O–H groups in total. The van der Waals surface area contributed by atoms with Gasteiger partial charge in [0.05, 0.1) is 18.8 Å². The Kier molecular flexibility index (Phi) is 6.54. The van der Waals surface area contributed by atoms with E-state index in [-0.39, 0.29) is 12.5 Å². The number of aryl methyl sites for hydroxylation is 2. The summed E-state index contributed by atoms with van der Waals surface area (Å²) in [4.78, 5) is 21.8. The standard InChI is InChI=1S/C18H21N5OS/c1-5-14-7-6-8-15(9-14)23-16(24)10-20-18(19-4)21-11-17-22-12(2)13(3)25-17/h1,6-9H,10-11H2,2-4H3,(H,23,24)(H2,19,20,21).